The van der Waals surface area contributed by atoms with Crippen LogP contribution in [0.4, 0.5) is 0 Å². The van der Waals surface area contributed by atoms with E-state index in [1.54, 1.807) is 0 Å². The van der Waals surface area contributed by atoms with Crippen molar-refractivity contribution in [1.29, 1.82) is 0 Å². The lowest BCUT2D eigenvalue weighted by Gasteiger charge is -2.36. The molecule has 3 nitrogen and oxygen atoms in total. The predicted octanol–water partition coefficient (Wildman–Crippen LogP) is 2.61. The Kier molecular flexibility index (Phi) is 2.95. The van der Waals surface area contributed by atoms with E-state index in [4.69, 9.17) is 4.74 Å². The van der Waals surface area contributed by atoms with Crippen LogP contribution in [0, 0.1) is 6.92 Å². The number of benzene rings is 2. The molecular weight excluding hydrogens is 238 g/mol. The zero-order valence-electron chi connectivity index (χ0n) is 10.7. The van der Waals surface area contributed by atoms with E-state index in [9.17, 15) is 4.79 Å². The van der Waals surface area contributed by atoms with Crippen molar-refractivity contribution in [3.05, 3.63) is 65.7 Å². The lowest BCUT2D eigenvalue weighted by atomic mass is 9.93. The molecule has 1 N–H and O–H groups in total. The molecule has 3 heteroatoms. The second kappa shape index (κ2) is 4.76. The fourth-order valence-electron chi connectivity index (χ4n) is 2.17. The smallest absolute Gasteiger partial charge is 0.264 e. The number of hydrogen-bond donors (Lipinski definition) is 1. The first-order valence-corrected chi connectivity index (χ1v) is 6.33. The first-order valence-electron chi connectivity index (χ1n) is 6.33. The van der Waals surface area contributed by atoms with Gasteiger partial charge in [0.05, 0.1) is 0 Å². The largest absolute Gasteiger partial charge is 0.478 e. The second-order valence-corrected chi connectivity index (χ2v) is 4.75. The summed E-state index contributed by atoms with van der Waals surface area (Å²) in [6.45, 7) is 2.04. The van der Waals surface area contributed by atoms with Crippen molar-refractivity contribution in [1.82, 2.24) is 5.32 Å². The van der Waals surface area contributed by atoms with E-state index in [1.807, 2.05) is 61.5 Å². The van der Waals surface area contributed by atoms with Crippen LogP contribution in [-0.2, 0) is 4.79 Å². The van der Waals surface area contributed by atoms with E-state index in [2.05, 4.69) is 5.32 Å². The van der Waals surface area contributed by atoms with Crippen molar-refractivity contribution in [3.8, 4) is 5.75 Å². The first-order chi connectivity index (χ1) is 9.24. The number of carbonyl (C=O) groups excluding carboxylic acids is 1. The number of para-hydroxylation sites is 1. The van der Waals surface area contributed by atoms with Crippen LogP contribution in [0.15, 0.2) is 54.6 Å². The fourth-order valence-corrected chi connectivity index (χ4v) is 2.17. The summed E-state index contributed by atoms with van der Waals surface area (Å²) in [5.74, 6) is 0.661. The summed E-state index contributed by atoms with van der Waals surface area (Å²) in [6.07, 6.45) is -0.440. The van der Waals surface area contributed by atoms with Crippen LogP contribution >= 0.6 is 0 Å². The molecule has 96 valence electrons. The summed E-state index contributed by atoms with van der Waals surface area (Å²) in [5.41, 5.74) is 2.28. The predicted molar refractivity (Wildman–Crippen MR) is 72.9 cm³/mol. The molecule has 0 radical (unpaired) electrons. The van der Waals surface area contributed by atoms with Crippen molar-refractivity contribution >= 4 is 5.91 Å². The average Bonchev–Trinajstić information content (AvgIpc) is 2.45. The van der Waals surface area contributed by atoms with Gasteiger partial charge >= 0.3 is 0 Å². The monoisotopic (exact) mass is 253 g/mol. The van der Waals surface area contributed by atoms with Crippen LogP contribution in [-0.4, -0.2) is 12.0 Å². The maximum Gasteiger partial charge on any atom is 0.264 e. The van der Waals surface area contributed by atoms with Gasteiger partial charge < -0.3 is 10.1 Å². The number of amides is 1. The molecule has 0 saturated carbocycles. The molecule has 3 rings (SSSR count). The van der Waals surface area contributed by atoms with Crippen LogP contribution < -0.4 is 10.1 Å². The zero-order valence-corrected chi connectivity index (χ0v) is 10.7. The van der Waals surface area contributed by atoms with Gasteiger partial charge in [-0.3, -0.25) is 4.79 Å². The molecule has 0 aliphatic carbocycles. The number of ether oxygens (including phenoxy) is 1. The summed E-state index contributed by atoms with van der Waals surface area (Å²) < 4.78 is 5.75. The topological polar surface area (TPSA) is 38.3 Å². The first kappa shape index (κ1) is 11.8. The molecule has 1 aliphatic rings. The van der Waals surface area contributed by atoms with E-state index in [1.165, 1.54) is 5.56 Å². The Hall–Kier alpha value is -2.29. The SMILES string of the molecule is Cc1ccc([C@H]2NC(=O)[C@H]2Oc2ccccc2)cc1. The molecule has 1 fully saturated rings. The summed E-state index contributed by atoms with van der Waals surface area (Å²) >= 11 is 0. The minimum absolute atomic E-state index is 0.0607. The van der Waals surface area contributed by atoms with Crippen molar-refractivity contribution in [2.75, 3.05) is 0 Å². The highest BCUT2D eigenvalue weighted by molar-refractivity contribution is 5.89. The van der Waals surface area contributed by atoms with E-state index in [-0.39, 0.29) is 11.9 Å². The minimum Gasteiger partial charge on any atom is -0.478 e. The third-order valence-electron chi connectivity index (χ3n) is 3.30. The van der Waals surface area contributed by atoms with Gasteiger partial charge in [-0.05, 0) is 24.6 Å². The van der Waals surface area contributed by atoms with Crippen LogP contribution in [0.5, 0.6) is 5.75 Å². The third kappa shape index (κ3) is 2.32. The number of nitrogens with one attached hydrogen (secondary N) is 1. The van der Waals surface area contributed by atoms with Crippen LogP contribution in [0.1, 0.15) is 17.2 Å². The standard InChI is InChI=1S/C16H15NO2/c1-11-7-9-12(10-8-11)14-15(16(18)17-14)19-13-5-3-2-4-6-13/h2-10,14-15H,1H3,(H,17,18)/t14-,15+/m1/s1. The molecule has 1 heterocycles. The van der Waals surface area contributed by atoms with Gasteiger partial charge in [-0.25, -0.2) is 0 Å². The normalized spacial score (nSPS) is 21.4. The van der Waals surface area contributed by atoms with Crippen LogP contribution in [0.3, 0.4) is 0 Å². The Labute approximate surface area is 112 Å². The van der Waals surface area contributed by atoms with Crippen molar-refractivity contribution in [2.24, 2.45) is 0 Å². The van der Waals surface area contributed by atoms with E-state index in [0.29, 0.717) is 0 Å². The molecule has 1 saturated heterocycles. The average molecular weight is 253 g/mol. The number of β-lactam (4-membered cyclic amide) rings is 1. The molecule has 19 heavy (non-hydrogen) atoms. The highest BCUT2D eigenvalue weighted by atomic mass is 16.5. The molecule has 0 unspecified atom stereocenters. The molecule has 2 aromatic rings. The zero-order chi connectivity index (χ0) is 13.2. The highest BCUT2D eigenvalue weighted by Crippen LogP contribution is 2.28. The lowest BCUT2D eigenvalue weighted by molar-refractivity contribution is -0.140. The maximum absolute atomic E-state index is 11.6. The quantitative estimate of drug-likeness (QED) is 0.854. The number of carbonyl (C=O) groups is 1. The Balaban J connectivity index is 1.77. The van der Waals surface area contributed by atoms with Gasteiger partial charge in [0, 0.05) is 0 Å². The number of aryl methyl sites for hydroxylation is 1. The van der Waals surface area contributed by atoms with Gasteiger partial charge in [0.25, 0.3) is 5.91 Å². The van der Waals surface area contributed by atoms with Crippen LogP contribution in [0.2, 0.25) is 0 Å². The summed E-state index contributed by atoms with van der Waals surface area (Å²) in [6, 6.07) is 17.5. The highest BCUT2D eigenvalue weighted by Gasteiger charge is 2.42. The molecule has 0 spiro atoms. The van der Waals surface area contributed by atoms with Crippen molar-refractivity contribution in [2.45, 2.75) is 19.1 Å². The Morgan fingerprint density at radius 1 is 1.00 bits per heavy atom. The molecule has 1 amide bonds. The van der Waals surface area contributed by atoms with Gasteiger partial charge in [-0.15, -0.1) is 0 Å². The van der Waals surface area contributed by atoms with Crippen LogP contribution in [0.25, 0.3) is 0 Å². The van der Waals surface area contributed by atoms with Gasteiger partial charge in [-0.2, -0.15) is 0 Å². The molecule has 2 atom stereocenters. The van der Waals surface area contributed by atoms with Gasteiger partial charge in [0.15, 0.2) is 0 Å². The summed E-state index contributed by atoms with van der Waals surface area (Å²) in [4.78, 5) is 11.6. The molecule has 1 aliphatic heterocycles. The molecular formula is C16H15NO2. The minimum atomic E-state index is -0.440. The third-order valence-corrected chi connectivity index (χ3v) is 3.30. The van der Waals surface area contributed by atoms with Gasteiger partial charge in [0.1, 0.15) is 11.8 Å². The van der Waals surface area contributed by atoms with Crippen molar-refractivity contribution < 1.29 is 9.53 Å². The Morgan fingerprint density at radius 3 is 2.32 bits per heavy atom. The molecule has 0 bridgehead atoms. The lowest BCUT2D eigenvalue weighted by Crippen LogP contribution is -2.58. The Bertz CT molecular complexity index is 577. The molecule has 2 aromatic carbocycles. The Morgan fingerprint density at radius 2 is 1.68 bits per heavy atom. The van der Waals surface area contributed by atoms with E-state index < -0.39 is 6.10 Å². The van der Waals surface area contributed by atoms with Gasteiger partial charge in [0.2, 0.25) is 6.10 Å². The number of rotatable bonds is 3. The summed E-state index contributed by atoms with van der Waals surface area (Å²) in [7, 11) is 0. The molecule has 0 aromatic heterocycles. The van der Waals surface area contributed by atoms with E-state index >= 15 is 0 Å². The van der Waals surface area contributed by atoms with Crippen molar-refractivity contribution in [3.63, 3.8) is 0 Å². The van der Waals surface area contributed by atoms with Gasteiger partial charge in [-0.1, -0.05) is 48.0 Å². The fraction of sp³-hybridized carbons (Fsp3) is 0.188. The number of hydrogen-bond acceptors (Lipinski definition) is 2. The van der Waals surface area contributed by atoms with E-state index in [0.717, 1.165) is 11.3 Å². The second-order valence-electron chi connectivity index (χ2n) is 4.75. The summed E-state index contributed by atoms with van der Waals surface area (Å²) in [5, 5.41) is 2.88. The maximum atomic E-state index is 11.6.